The third-order valence-electron chi connectivity index (χ3n) is 1.77. The zero-order valence-corrected chi connectivity index (χ0v) is 8.12. The quantitative estimate of drug-likeness (QED) is 0.444. The molecule has 2 aromatic rings. The van der Waals surface area contributed by atoms with Crippen molar-refractivity contribution in [2.24, 2.45) is 5.11 Å². The Morgan fingerprint density at radius 1 is 1.46 bits per heavy atom. The van der Waals surface area contributed by atoms with Crippen LogP contribution < -0.4 is 0 Å². The van der Waals surface area contributed by atoms with Crippen LogP contribution in [0.4, 0.5) is 5.69 Å². The van der Waals surface area contributed by atoms with Gasteiger partial charge in [-0.2, -0.15) is 0 Å². The number of benzene rings is 1. The number of aromatic nitrogens is 1. The molecule has 5 heteroatoms. The molecule has 0 fully saturated rings. The average Bonchev–Trinajstić information content (AvgIpc) is 2.49. The molecule has 0 saturated heterocycles. The van der Waals surface area contributed by atoms with Crippen LogP contribution in [0.1, 0.15) is 0 Å². The maximum atomic E-state index is 8.30. The summed E-state index contributed by atoms with van der Waals surface area (Å²) in [5, 5.41) is 4.49. The number of fused-ring (bicyclic) bond motifs is 1. The maximum absolute atomic E-state index is 8.30. The highest BCUT2D eigenvalue weighted by Crippen LogP contribution is 2.28. The van der Waals surface area contributed by atoms with Gasteiger partial charge in [0.15, 0.2) is 0 Å². The summed E-state index contributed by atoms with van der Waals surface area (Å²) in [5.41, 5.74) is 9.89. The minimum atomic E-state index is 0.624. The van der Waals surface area contributed by atoms with E-state index in [4.69, 9.17) is 5.53 Å². The van der Waals surface area contributed by atoms with Crippen molar-refractivity contribution in [2.45, 2.75) is 0 Å². The highest BCUT2D eigenvalue weighted by molar-refractivity contribution is 9.10. The molecule has 2 rings (SSSR count). The first-order valence-electron chi connectivity index (χ1n) is 3.63. The molecule has 1 aromatic heterocycles. The molecular formula is C8H5BrN4. The predicted molar refractivity (Wildman–Crippen MR) is 54.8 cm³/mol. The van der Waals surface area contributed by atoms with E-state index in [2.05, 4.69) is 30.9 Å². The second kappa shape index (κ2) is 3.12. The van der Waals surface area contributed by atoms with Gasteiger partial charge < -0.3 is 4.98 Å². The van der Waals surface area contributed by atoms with Crippen molar-refractivity contribution in [2.75, 3.05) is 0 Å². The van der Waals surface area contributed by atoms with E-state index in [0.717, 1.165) is 15.4 Å². The number of nitrogens with zero attached hydrogens (tertiary/aromatic N) is 3. The van der Waals surface area contributed by atoms with Crippen LogP contribution in [-0.2, 0) is 0 Å². The van der Waals surface area contributed by atoms with E-state index >= 15 is 0 Å². The first-order chi connectivity index (χ1) is 6.31. The van der Waals surface area contributed by atoms with Gasteiger partial charge in [0.1, 0.15) is 0 Å². The van der Waals surface area contributed by atoms with Gasteiger partial charge in [-0.1, -0.05) is 21.0 Å². The summed E-state index contributed by atoms with van der Waals surface area (Å²) in [5.74, 6) is 0. The fourth-order valence-electron chi connectivity index (χ4n) is 1.21. The molecule has 64 valence electrons. The minimum absolute atomic E-state index is 0.624. The van der Waals surface area contributed by atoms with Crippen LogP contribution in [-0.4, -0.2) is 4.98 Å². The van der Waals surface area contributed by atoms with Crippen LogP contribution in [0, 0.1) is 0 Å². The van der Waals surface area contributed by atoms with Crippen molar-refractivity contribution in [1.29, 1.82) is 0 Å². The second-order valence-electron chi connectivity index (χ2n) is 2.55. The lowest BCUT2D eigenvalue weighted by atomic mass is 10.2. The van der Waals surface area contributed by atoms with Crippen molar-refractivity contribution < 1.29 is 0 Å². The zero-order chi connectivity index (χ0) is 9.26. The first kappa shape index (κ1) is 8.16. The number of azide groups is 1. The Balaban J connectivity index is 2.78. The summed E-state index contributed by atoms with van der Waals surface area (Å²) in [7, 11) is 0. The third kappa shape index (κ3) is 1.39. The number of hydrogen-bond donors (Lipinski definition) is 1. The Morgan fingerprint density at radius 3 is 3.08 bits per heavy atom. The maximum Gasteiger partial charge on any atom is 0.0629 e. The molecule has 0 atom stereocenters. The number of halogens is 1. The number of nitrogens with one attached hydrogen (secondary N) is 1. The van der Waals surface area contributed by atoms with Crippen molar-refractivity contribution in [3.63, 3.8) is 0 Å². The van der Waals surface area contributed by atoms with E-state index in [9.17, 15) is 0 Å². The SMILES string of the molecule is [N-]=[N+]=Nc1c[nH]c2ccc(Br)cc12. The van der Waals surface area contributed by atoms with Crippen LogP contribution in [0.2, 0.25) is 0 Å². The van der Waals surface area contributed by atoms with Crippen LogP contribution in [0.15, 0.2) is 34.0 Å². The molecule has 4 nitrogen and oxygen atoms in total. The normalized spacial score (nSPS) is 9.92. The van der Waals surface area contributed by atoms with Gasteiger partial charge in [0, 0.05) is 26.5 Å². The van der Waals surface area contributed by atoms with E-state index in [0.29, 0.717) is 5.69 Å². The van der Waals surface area contributed by atoms with Gasteiger partial charge in [-0.3, -0.25) is 0 Å². The molecule has 1 aromatic carbocycles. The lowest BCUT2D eigenvalue weighted by molar-refractivity contribution is 1.44. The Morgan fingerprint density at radius 2 is 2.31 bits per heavy atom. The monoisotopic (exact) mass is 236 g/mol. The van der Waals surface area contributed by atoms with Gasteiger partial charge in [0.25, 0.3) is 0 Å². The van der Waals surface area contributed by atoms with E-state index in [1.807, 2.05) is 18.2 Å². The summed E-state index contributed by atoms with van der Waals surface area (Å²) in [6.07, 6.45) is 1.69. The summed E-state index contributed by atoms with van der Waals surface area (Å²) >= 11 is 3.35. The summed E-state index contributed by atoms with van der Waals surface area (Å²) < 4.78 is 0.967. The van der Waals surface area contributed by atoms with Crippen molar-refractivity contribution in [3.05, 3.63) is 39.3 Å². The van der Waals surface area contributed by atoms with Crippen molar-refractivity contribution in [1.82, 2.24) is 4.98 Å². The lowest BCUT2D eigenvalue weighted by Crippen LogP contribution is -1.66. The van der Waals surface area contributed by atoms with Gasteiger partial charge in [0.2, 0.25) is 0 Å². The smallest absolute Gasteiger partial charge is 0.0629 e. The molecule has 1 N–H and O–H groups in total. The molecule has 0 aliphatic heterocycles. The van der Waals surface area contributed by atoms with Gasteiger partial charge in [-0.05, 0) is 23.7 Å². The largest absolute Gasteiger partial charge is 0.361 e. The Bertz CT molecular complexity index is 496. The predicted octanol–water partition coefficient (Wildman–Crippen LogP) is 3.87. The first-order valence-corrected chi connectivity index (χ1v) is 4.42. The Hall–Kier alpha value is -1.45. The fraction of sp³-hybridized carbons (Fsp3) is 0. The molecular weight excluding hydrogens is 232 g/mol. The van der Waals surface area contributed by atoms with Crippen LogP contribution in [0.5, 0.6) is 0 Å². The standard InChI is InChI=1S/C8H5BrN4/c9-5-1-2-7-6(3-5)8(4-11-7)12-13-10/h1-4,11H. The van der Waals surface area contributed by atoms with Crippen LogP contribution >= 0.6 is 15.9 Å². The molecule has 13 heavy (non-hydrogen) atoms. The van der Waals surface area contributed by atoms with E-state index in [-0.39, 0.29) is 0 Å². The lowest BCUT2D eigenvalue weighted by Gasteiger charge is -1.91. The fourth-order valence-corrected chi connectivity index (χ4v) is 1.57. The molecule has 0 saturated carbocycles. The van der Waals surface area contributed by atoms with E-state index < -0.39 is 0 Å². The van der Waals surface area contributed by atoms with Gasteiger partial charge in [-0.15, -0.1) is 0 Å². The number of aromatic amines is 1. The highest BCUT2D eigenvalue weighted by atomic mass is 79.9. The van der Waals surface area contributed by atoms with Gasteiger partial charge >= 0.3 is 0 Å². The van der Waals surface area contributed by atoms with Crippen molar-refractivity contribution in [3.8, 4) is 0 Å². The zero-order valence-electron chi connectivity index (χ0n) is 6.53. The van der Waals surface area contributed by atoms with Gasteiger partial charge in [0.05, 0.1) is 5.69 Å². The van der Waals surface area contributed by atoms with E-state index in [1.54, 1.807) is 6.20 Å². The Labute approximate surface area is 82.3 Å². The molecule has 0 aliphatic carbocycles. The summed E-state index contributed by atoms with van der Waals surface area (Å²) in [6.45, 7) is 0. The molecule has 0 radical (unpaired) electrons. The Kier molecular flexibility index (Phi) is 1.96. The molecule has 1 heterocycles. The molecule has 0 spiro atoms. The summed E-state index contributed by atoms with van der Waals surface area (Å²) in [4.78, 5) is 5.76. The third-order valence-corrected chi connectivity index (χ3v) is 2.27. The van der Waals surface area contributed by atoms with Crippen molar-refractivity contribution >= 4 is 32.5 Å². The van der Waals surface area contributed by atoms with Crippen LogP contribution in [0.3, 0.4) is 0 Å². The molecule has 0 aliphatic rings. The number of rotatable bonds is 1. The van der Waals surface area contributed by atoms with Crippen LogP contribution in [0.25, 0.3) is 21.3 Å². The number of H-pyrrole nitrogens is 1. The number of hydrogen-bond acceptors (Lipinski definition) is 1. The molecule has 0 amide bonds. The summed E-state index contributed by atoms with van der Waals surface area (Å²) in [6, 6.07) is 5.77. The van der Waals surface area contributed by atoms with E-state index in [1.165, 1.54) is 0 Å². The molecule has 0 unspecified atom stereocenters. The average molecular weight is 237 g/mol. The second-order valence-corrected chi connectivity index (χ2v) is 3.47. The van der Waals surface area contributed by atoms with Gasteiger partial charge in [-0.25, -0.2) is 0 Å². The minimum Gasteiger partial charge on any atom is -0.361 e. The highest BCUT2D eigenvalue weighted by Gasteiger charge is 2.00. The molecule has 0 bridgehead atoms. The topological polar surface area (TPSA) is 64.6 Å².